The second-order valence-corrected chi connectivity index (χ2v) is 7.36. The summed E-state index contributed by atoms with van der Waals surface area (Å²) in [5.74, 6) is 0.802. The van der Waals surface area contributed by atoms with E-state index in [4.69, 9.17) is 4.74 Å². The van der Waals surface area contributed by atoms with Crippen molar-refractivity contribution in [3.8, 4) is 5.75 Å². The van der Waals surface area contributed by atoms with Crippen LogP contribution >= 0.6 is 27.3 Å². The van der Waals surface area contributed by atoms with Crippen LogP contribution in [0.3, 0.4) is 0 Å². The van der Waals surface area contributed by atoms with E-state index in [2.05, 4.69) is 35.1 Å². The standard InChI is InChI=1S/C12H17BrN2O2S/c1-12(2)7-15(5-4-14-12)11(16)9-6-8(17-3)10(13)18-9/h6,14H,4-5,7H2,1-3H3. The molecule has 0 bridgehead atoms. The van der Waals surface area contributed by atoms with Gasteiger partial charge in [-0.15, -0.1) is 11.3 Å². The van der Waals surface area contributed by atoms with E-state index in [1.165, 1.54) is 11.3 Å². The van der Waals surface area contributed by atoms with Crippen molar-refractivity contribution in [1.82, 2.24) is 10.2 Å². The topological polar surface area (TPSA) is 41.6 Å². The van der Waals surface area contributed by atoms with Crippen LogP contribution in [0.4, 0.5) is 0 Å². The number of ether oxygens (including phenoxy) is 1. The summed E-state index contributed by atoms with van der Waals surface area (Å²) in [7, 11) is 1.61. The Morgan fingerprint density at radius 3 is 2.89 bits per heavy atom. The third-order valence-electron chi connectivity index (χ3n) is 2.94. The van der Waals surface area contributed by atoms with Crippen LogP contribution in [0, 0.1) is 0 Å². The summed E-state index contributed by atoms with van der Waals surface area (Å²) in [6.45, 7) is 6.53. The van der Waals surface area contributed by atoms with Gasteiger partial charge in [0.1, 0.15) is 9.54 Å². The molecular formula is C12H17BrN2O2S. The van der Waals surface area contributed by atoms with E-state index in [0.717, 1.165) is 34.0 Å². The molecular weight excluding hydrogens is 316 g/mol. The monoisotopic (exact) mass is 332 g/mol. The number of hydrogen-bond acceptors (Lipinski definition) is 4. The summed E-state index contributed by atoms with van der Waals surface area (Å²) in [6.07, 6.45) is 0. The molecule has 1 N–H and O–H groups in total. The van der Waals surface area contributed by atoms with E-state index < -0.39 is 0 Å². The highest BCUT2D eigenvalue weighted by Gasteiger charge is 2.30. The molecule has 1 aliphatic heterocycles. The van der Waals surface area contributed by atoms with Crippen LogP contribution in [0.1, 0.15) is 23.5 Å². The van der Waals surface area contributed by atoms with E-state index in [-0.39, 0.29) is 11.4 Å². The fourth-order valence-corrected chi connectivity index (χ4v) is 3.69. The van der Waals surface area contributed by atoms with Gasteiger partial charge in [-0.05, 0) is 29.8 Å². The van der Waals surface area contributed by atoms with Crippen molar-refractivity contribution < 1.29 is 9.53 Å². The molecule has 6 heteroatoms. The number of nitrogens with one attached hydrogen (secondary N) is 1. The lowest BCUT2D eigenvalue weighted by atomic mass is 10.0. The van der Waals surface area contributed by atoms with Crippen molar-refractivity contribution in [1.29, 1.82) is 0 Å². The lowest BCUT2D eigenvalue weighted by Gasteiger charge is -2.38. The van der Waals surface area contributed by atoms with Crippen LogP contribution in [-0.4, -0.2) is 43.1 Å². The molecule has 0 spiro atoms. The summed E-state index contributed by atoms with van der Waals surface area (Å²) in [6, 6.07) is 1.80. The van der Waals surface area contributed by atoms with Crippen LogP contribution in [0.15, 0.2) is 9.85 Å². The number of thiophene rings is 1. The molecule has 0 aromatic carbocycles. The molecule has 2 heterocycles. The van der Waals surface area contributed by atoms with E-state index in [0.29, 0.717) is 0 Å². The van der Waals surface area contributed by atoms with Crippen LogP contribution in [0.2, 0.25) is 0 Å². The minimum absolute atomic E-state index is 0.0213. The van der Waals surface area contributed by atoms with Gasteiger partial charge in [-0.2, -0.15) is 0 Å². The Bertz CT molecular complexity index is 459. The largest absolute Gasteiger partial charge is 0.495 e. The molecule has 1 aliphatic rings. The Morgan fingerprint density at radius 2 is 2.33 bits per heavy atom. The average molecular weight is 333 g/mol. The van der Waals surface area contributed by atoms with Gasteiger partial charge in [-0.1, -0.05) is 0 Å². The number of piperazine rings is 1. The van der Waals surface area contributed by atoms with Gasteiger partial charge in [0.25, 0.3) is 5.91 Å². The molecule has 0 atom stereocenters. The van der Waals surface area contributed by atoms with Gasteiger partial charge in [0.2, 0.25) is 0 Å². The van der Waals surface area contributed by atoms with E-state index in [1.54, 1.807) is 13.2 Å². The van der Waals surface area contributed by atoms with Gasteiger partial charge in [-0.25, -0.2) is 0 Å². The number of halogens is 1. The van der Waals surface area contributed by atoms with Gasteiger partial charge < -0.3 is 15.0 Å². The molecule has 1 saturated heterocycles. The fourth-order valence-electron chi connectivity index (χ4n) is 2.07. The second-order valence-electron chi connectivity index (χ2n) is 4.99. The Labute approximate surface area is 119 Å². The zero-order valence-corrected chi connectivity index (χ0v) is 13.2. The van der Waals surface area contributed by atoms with Crippen LogP contribution in [0.5, 0.6) is 5.75 Å². The maximum absolute atomic E-state index is 12.4. The van der Waals surface area contributed by atoms with Crippen molar-refractivity contribution in [2.45, 2.75) is 19.4 Å². The second kappa shape index (κ2) is 5.19. The quantitative estimate of drug-likeness (QED) is 0.903. The van der Waals surface area contributed by atoms with Crippen LogP contribution in [-0.2, 0) is 0 Å². The highest BCUT2D eigenvalue weighted by atomic mass is 79.9. The molecule has 0 aliphatic carbocycles. The Hall–Kier alpha value is -0.590. The van der Waals surface area contributed by atoms with E-state index in [1.807, 2.05) is 4.90 Å². The molecule has 1 aromatic rings. The van der Waals surface area contributed by atoms with Crippen molar-refractivity contribution in [3.63, 3.8) is 0 Å². The third-order valence-corrected chi connectivity index (χ3v) is 4.71. The van der Waals surface area contributed by atoms with Crippen molar-refractivity contribution in [2.75, 3.05) is 26.7 Å². The van der Waals surface area contributed by atoms with Crippen LogP contribution < -0.4 is 10.1 Å². The molecule has 4 nitrogen and oxygen atoms in total. The summed E-state index contributed by atoms with van der Waals surface area (Å²) >= 11 is 4.82. The number of carbonyl (C=O) groups is 1. The zero-order chi connectivity index (χ0) is 13.3. The summed E-state index contributed by atoms with van der Waals surface area (Å²) in [5, 5.41) is 3.40. The molecule has 1 aromatic heterocycles. The van der Waals surface area contributed by atoms with Gasteiger partial charge in [0.15, 0.2) is 0 Å². The Balaban J connectivity index is 2.15. The highest BCUT2D eigenvalue weighted by molar-refractivity contribution is 9.11. The maximum atomic E-state index is 12.4. The number of amides is 1. The van der Waals surface area contributed by atoms with E-state index >= 15 is 0 Å². The van der Waals surface area contributed by atoms with Crippen molar-refractivity contribution in [2.24, 2.45) is 0 Å². The van der Waals surface area contributed by atoms with Crippen molar-refractivity contribution >= 4 is 33.2 Å². The third kappa shape index (κ3) is 2.87. The number of nitrogens with zero attached hydrogens (tertiary/aromatic N) is 1. The van der Waals surface area contributed by atoms with E-state index in [9.17, 15) is 4.79 Å². The predicted molar refractivity (Wildman–Crippen MR) is 76.6 cm³/mol. The Kier molecular flexibility index (Phi) is 3.99. The fraction of sp³-hybridized carbons (Fsp3) is 0.583. The number of hydrogen-bond donors (Lipinski definition) is 1. The van der Waals surface area contributed by atoms with Gasteiger partial charge in [0.05, 0.1) is 12.0 Å². The summed E-state index contributed by atoms with van der Waals surface area (Å²) in [4.78, 5) is 15.0. The minimum Gasteiger partial charge on any atom is -0.495 e. The highest BCUT2D eigenvalue weighted by Crippen LogP contribution is 2.35. The summed E-state index contributed by atoms with van der Waals surface area (Å²) in [5.41, 5.74) is -0.0213. The zero-order valence-electron chi connectivity index (χ0n) is 10.7. The molecule has 0 unspecified atom stereocenters. The van der Waals surface area contributed by atoms with Gasteiger partial charge in [0, 0.05) is 31.2 Å². The SMILES string of the molecule is COc1cc(C(=O)N2CCNC(C)(C)C2)sc1Br. The molecule has 0 radical (unpaired) electrons. The average Bonchev–Trinajstić information content (AvgIpc) is 2.68. The van der Waals surface area contributed by atoms with Gasteiger partial charge in [-0.3, -0.25) is 4.79 Å². The first-order valence-electron chi connectivity index (χ1n) is 5.80. The van der Waals surface area contributed by atoms with Crippen molar-refractivity contribution in [3.05, 3.63) is 14.7 Å². The summed E-state index contributed by atoms with van der Waals surface area (Å²) < 4.78 is 6.05. The molecule has 18 heavy (non-hydrogen) atoms. The normalized spacial score (nSPS) is 18.8. The predicted octanol–water partition coefficient (Wildman–Crippen LogP) is 2.34. The number of methoxy groups -OCH3 is 1. The minimum atomic E-state index is -0.0213. The maximum Gasteiger partial charge on any atom is 0.264 e. The first-order valence-corrected chi connectivity index (χ1v) is 7.41. The molecule has 2 rings (SSSR count). The lowest BCUT2D eigenvalue weighted by molar-refractivity contribution is 0.0657. The number of rotatable bonds is 2. The Morgan fingerprint density at radius 1 is 1.61 bits per heavy atom. The molecule has 100 valence electrons. The lowest BCUT2D eigenvalue weighted by Crippen LogP contribution is -2.58. The first kappa shape index (κ1) is 13.8. The smallest absolute Gasteiger partial charge is 0.264 e. The first-order chi connectivity index (χ1) is 8.43. The van der Waals surface area contributed by atoms with Crippen LogP contribution in [0.25, 0.3) is 0 Å². The van der Waals surface area contributed by atoms with Gasteiger partial charge >= 0.3 is 0 Å². The number of carbonyl (C=O) groups excluding carboxylic acids is 1. The molecule has 0 saturated carbocycles. The molecule has 1 fully saturated rings. The molecule has 1 amide bonds.